The third-order valence-electron chi connectivity index (χ3n) is 6.16. The molecule has 6 rings (SSSR count). The molecular formula is C27H23N5. The summed E-state index contributed by atoms with van der Waals surface area (Å²) in [5.41, 5.74) is 10.9. The zero-order valence-electron chi connectivity index (χ0n) is 17.9. The Hall–Kier alpha value is -3.83. The molecular weight excluding hydrogens is 394 g/mol. The fraction of sp³-hybridized carbons (Fsp3) is 0.148. The molecule has 0 amide bonds. The smallest absolute Gasteiger partial charge is 0.0977 e. The van der Waals surface area contributed by atoms with Crippen LogP contribution in [0.25, 0.3) is 44.7 Å². The number of hydrogen-bond acceptors (Lipinski definition) is 4. The molecule has 1 aliphatic heterocycles. The van der Waals surface area contributed by atoms with Crippen molar-refractivity contribution in [2.75, 3.05) is 6.54 Å². The monoisotopic (exact) mass is 417 g/mol. The molecule has 5 nitrogen and oxygen atoms in total. The number of nitrogens with one attached hydrogen (secondary N) is 2. The molecule has 0 aliphatic carbocycles. The van der Waals surface area contributed by atoms with E-state index in [0.29, 0.717) is 0 Å². The second-order valence-corrected chi connectivity index (χ2v) is 8.33. The second-order valence-electron chi connectivity index (χ2n) is 8.33. The SMILES string of the molecule is Cc1cccc(-c2[nH]cnc2-c2ccc3ncc(-c4ccc5c(c4)CCNC5)cc3c2)n1. The maximum absolute atomic E-state index is 4.73. The van der Waals surface area contributed by atoms with Gasteiger partial charge >= 0.3 is 0 Å². The normalized spacial score (nSPS) is 13.3. The van der Waals surface area contributed by atoms with Crippen LogP contribution in [0.5, 0.6) is 0 Å². The van der Waals surface area contributed by atoms with E-state index in [1.807, 2.05) is 31.3 Å². The number of rotatable bonds is 3. The highest BCUT2D eigenvalue weighted by Gasteiger charge is 2.14. The van der Waals surface area contributed by atoms with E-state index in [9.17, 15) is 0 Å². The number of H-pyrrole nitrogens is 1. The highest BCUT2D eigenvalue weighted by Crippen LogP contribution is 2.32. The predicted molar refractivity (Wildman–Crippen MR) is 128 cm³/mol. The van der Waals surface area contributed by atoms with Gasteiger partial charge in [0.2, 0.25) is 0 Å². The van der Waals surface area contributed by atoms with Gasteiger partial charge in [0, 0.05) is 34.9 Å². The molecule has 2 N–H and O–H groups in total. The molecule has 1 aliphatic rings. The Labute approximate surface area is 186 Å². The Balaban J connectivity index is 1.42. The van der Waals surface area contributed by atoms with E-state index in [0.717, 1.165) is 64.3 Å². The van der Waals surface area contributed by atoms with Gasteiger partial charge in [-0.25, -0.2) is 4.98 Å². The van der Waals surface area contributed by atoms with Crippen molar-refractivity contribution in [3.05, 3.63) is 90.0 Å². The third-order valence-corrected chi connectivity index (χ3v) is 6.16. The van der Waals surface area contributed by atoms with Crippen molar-refractivity contribution in [3.63, 3.8) is 0 Å². The van der Waals surface area contributed by atoms with Gasteiger partial charge in [-0.3, -0.25) is 9.97 Å². The first-order valence-electron chi connectivity index (χ1n) is 10.9. The van der Waals surface area contributed by atoms with Crippen LogP contribution in [0.15, 0.2) is 73.2 Å². The Morgan fingerprint density at radius 1 is 0.844 bits per heavy atom. The van der Waals surface area contributed by atoms with Crippen molar-refractivity contribution in [1.29, 1.82) is 0 Å². The molecule has 4 heterocycles. The van der Waals surface area contributed by atoms with E-state index < -0.39 is 0 Å². The van der Waals surface area contributed by atoms with Crippen LogP contribution in [-0.4, -0.2) is 26.5 Å². The summed E-state index contributed by atoms with van der Waals surface area (Å²) in [6, 6.07) is 21.3. The van der Waals surface area contributed by atoms with Crippen molar-refractivity contribution >= 4 is 10.9 Å². The first-order valence-corrected chi connectivity index (χ1v) is 10.9. The lowest BCUT2D eigenvalue weighted by Crippen LogP contribution is -2.23. The molecule has 0 unspecified atom stereocenters. The standard InChI is InChI=1S/C27H23N5/c1-17-3-2-4-25(32-17)27-26(30-16-31-27)20-7-8-24-22(12-20)13-23(15-29-24)18-5-6-21-14-28-10-9-19(21)11-18/h2-8,11-13,15-16,28H,9-10,14H2,1H3,(H,30,31). The van der Waals surface area contributed by atoms with Gasteiger partial charge in [-0.1, -0.05) is 30.3 Å². The Morgan fingerprint density at radius 2 is 1.75 bits per heavy atom. The molecule has 0 spiro atoms. The highest BCUT2D eigenvalue weighted by molar-refractivity contribution is 5.89. The molecule has 32 heavy (non-hydrogen) atoms. The zero-order chi connectivity index (χ0) is 21.5. The summed E-state index contributed by atoms with van der Waals surface area (Å²) in [7, 11) is 0. The van der Waals surface area contributed by atoms with Crippen molar-refractivity contribution in [2.24, 2.45) is 0 Å². The largest absolute Gasteiger partial charge is 0.343 e. The van der Waals surface area contributed by atoms with Gasteiger partial charge in [0.15, 0.2) is 0 Å². The lowest BCUT2D eigenvalue weighted by atomic mass is 9.95. The number of aryl methyl sites for hydroxylation is 1. The van der Waals surface area contributed by atoms with E-state index >= 15 is 0 Å². The van der Waals surface area contributed by atoms with Crippen molar-refractivity contribution in [2.45, 2.75) is 19.9 Å². The van der Waals surface area contributed by atoms with Crippen LogP contribution in [0.1, 0.15) is 16.8 Å². The predicted octanol–water partition coefficient (Wildman–Crippen LogP) is 5.31. The summed E-state index contributed by atoms with van der Waals surface area (Å²) in [6.07, 6.45) is 4.78. The average molecular weight is 418 g/mol. The minimum atomic E-state index is 0.896. The Kier molecular flexibility index (Phi) is 4.55. The van der Waals surface area contributed by atoms with Gasteiger partial charge in [-0.15, -0.1) is 0 Å². The van der Waals surface area contributed by atoms with Gasteiger partial charge in [0.25, 0.3) is 0 Å². The van der Waals surface area contributed by atoms with Crippen LogP contribution in [0.4, 0.5) is 0 Å². The minimum absolute atomic E-state index is 0.896. The number of aromatic nitrogens is 4. The van der Waals surface area contributed by atoms with Crippen LogP contribution in [0.3, 0.4) is 0 Å². The van der Waals surface area contributed by atoms with Crippen LogP contribution >= 0.6 is 0 Å². The van der Waals surface area contributed by atoms with Crippen LogP contribution in [0, 0.1) is 6.92 Å². The fourth-order valence-electron chi connectivity index (χ4n) is 4.48. The molecule has 0 fully saturated rings. The molecule has 2 aromatic carbocycles. The fourth-order valence-corrected chi connectivity index (χ4v) is 4.48. The molecule has 5 aromatic rings. The lowest BCUT2D eigenvalue weighted by Gasteiger charge is -2.18. The number of nitrogens with zero attached hydrogens (tertiary/aromatic N) is 3. The molecule has 3 aromatic heterocycles. The van der Waals surface area contributed by atoms with Crippen LogP contribution < -0.4 is 5.32 Å². The van der Waals surface area contributed by atoms with Gasteiger partial charge in [-0.05, 0) is 66.9 Å². The summed E-state index contributed by atoms with van der Waals surface area (Å²) in [6.45, 7) is 3.99. The van der Waals surface area contributed by atoms with Crippen LogP contribution in [-0.2, 0) is 13.0 Å². The summed E-state index contributed by atoms with van der Waals surface area (Å²) in [4.78, 5) is 17.3. The van der Waals surface area contributed by atoms with E-state index in [1.54, 1.807) is 6.33 Å². The van der Waals surface area contributed by atoms with Gasteiger partial charge in [0.1, 0.15) is 0 Å². The average Bonchev–Trinajstić information content (AvgIpc) is 3.33. The number of fused-ring (bicyclic) bond motifs is 2. The molecule has 0 radical (unpaired) electrons. The first-order chi connectivity index (χ1) is 15.7. The van der Waals surface area contributed by atoms with Crippen molar-refractivity contribution in [1.82, 2.24) is 25.3 Å². The van der Waals surface area contributed by atoms with Crippen LogP contribution in [0.2, 0.25) is 0 Å². The molecule has 156 valence electrons. The Bertz CT molecular complexity index is 1450. The van der Waals surface area contributed by atoms with Gasteiger partial charge in [0.05, 0.1) is 28.9 Å². The summed E-state index contributed by atoms with van der Waals surface area (Å²) < 4.78 is 0. The van der Waals surface area contributed by atoms with Gasteiger partial charge in [-0.2, -0.15) is 0 Å². The zero-order valence-corrected chi connectivity index (χ0v) is 17.9. The van der Waals surface area contributed by atoms with Crippen molar-refractivity contribution < 1.29 is 0 Å². The summed E-state index contributed by atoms with van der Waals surface area (Å²) in [5, 5.41) is 4.54. The topological polar surface area (TPSA) is 66.5 Å². The number of hydrogen-bond donors (Lipinski definition) is 2. The van der Waals surface area contributed by atoms with Crippen molar-refractivity contribution in [3.8, 4) is 33.8 Å². The Morgan fingerprint density at radius 3 is 2.69 bits per heavy atom. The number of benzene rings is 2. The number of pyridine rings is 2. The number of aromatic amines is 1. The van der Waals surface area contributed by atoms with E-state index in [4.69, 9.17) is 4.98 Å². The molecule has 0 saturated carbocycles. The summed E-state index contributed by atoms with van der Waals surface area (Å²) in [5.74, 6) is 0. The molecule has 0 bridgehead atoms. The minimum Gasteiger partial charge on any atom is -0.343 e. The van der Waals surface area contributed by atoms with Gasteiger partial charge < -0.3 is 10.3 Å². The molecule has 5 heteroatoms. The maximum Gasteiger partial charge on any atom is 0.0977 e. The molecule has 0 atom stereocenters. The maximum atomic E-state index is 4.73. The third kappa shape index (κ3) is 3.37. The van der Waals surface area contributed by atoms with E-state index in [-0.39, 0.29) is 0 Å². The highest BCUT2D eigenvalue weighted by atomic mass is 14.9. The summed E-state index contributed by atoms with van der Waals surface area (Å²) >= 11 is 0. The quantitative estimate of drug-likeness (QED) is 0.418. The lowest BCUT2D eigenvalue weighted by molar-refractivity contribution is 0.644. The first kappa shape index (κ1) is 18.9. The number of imidazole rings is 1. The van der Waals surface area contributed by atoms with E-state index in [2.05, 4.69) is 62.7 Å². The second kappa shape index (κ2) is 7.70. The molecule has 0 saturated heterocycles. The van der Waals surface area contributed by atoms with E-state index in [1.165, 1.54) is 16.7 Å².